The van der Waals surface area contributed by atoms with Gasteiger partial charge in [0, 0.05) is 19.0 Å². The van der Waals surface area contributed by atoms with E-state index < -0.39 is 0 Å². The summed E-state index contributed by atoms with van der Waals surface area (Å²) in [6, 6.07) is 0.476. The number of aromatic nitrogens is 3. The van der Waals surface area contributed by atoms with Crippen molar-refractivity contribution in [3.63, 3.8) is 0 Å². The van der Waals surface area contributed by atoms with Crippen LogP contribution in [0.1, 0.15) is 44.9 Å². The van der Waals surface area contributed by atoms with Crippen LogP contribution in [0.2, 0.25) is 0 Å². The molecule has 1 aliphatic carbocycles. The number of aryl methyl sites for hydroxylation is 1. The van der Waals surface area contributed by atoms with Crippen LogP contribution in [-0.4, -0.2) is 27.9 Å². The van der Waals surface area contributed by atoms with Gasteiger partial charge in [-0.1, -0.05) is 11.6 Å². The molecule has 0 fully saturated rings. The summed E-state index contributed by atoms with van der Waals surface area (Å²) in [5, 5.41) is 7.65. The molecule has 1 aliphatic rings. The van der Waals surface area contributed by atoms with Crippen molar-refractivity contribution < 1.29 is 0 Å². The number of likely N-dealkylation sites (N-methyl/N-ethyl adjacent to an activating group) is 1. The van der Waals surface area contributed by atoms with E-state index >= 15 is 0 Å². The van der Waals surface area contributed by atoms with Gasteiger partial charge < -0.3 is 5.32 Å². The summed E-state index contributed by atoms with van der Waals surface area (Å²) >= 11 is 0. The largest absolute Gasteiger partial charge is 0.316 e. The van der Waals surface area contributed by atoms with Crippen LogP contribution < -0.4 is 5.32 Å². The van der Waals surface area contributed by atoms with Crippen molar-refractivity contribution in [2.24, 2.45) is 0 Å². The minimum Gasteiger partial charge on any atom is -0.316 e. The third kappa shape index (κ3) is 3.42. The highest BCUT2D eigenvalue weighted by Crippen LogP contribution is 2.22. The summed E-state index contributed by atoms with van der Waals surface area (Å²) in [6.45, 7) is 3.00. The van der Waals surface area contributed by atoms with Crippen molar-refractivity contribution in [1.82, 2.24) is 20.1 Å². The number of hydrogen-bond acceptors (Lipinski definition) is 3. The van der Waals surface area contributed by atoms with Crippen LogP contribution >= 0.6 is 0 Å². The smallest absolute Gasteiger partial charge is 0.138 e. The van der Waals surface area contributed by atoms with Crippen molar-refractivity contribution in [3.8, 4) is 0 Å². The van der Waals surface area contributed by atoms with Gasteiger partial charge in [0.2, 0.25) is 0 Å². The van der Waals surface area contributed by atoms with E-state index in [1.807, 2.05) is 11.7 Å². The lowest BCUT2D eigenvalue weighted by atomic mass is 9.93. The zero-order valence-corrected chi connectivity index (χ0v) is 11.5. The van der Waals surface area contributed by atoms with E-state index in [1.54, 1.807) is 11.9 Å². The quantitative estimate of drug-likeness (QED) is 0.786. The fraction of sp³-hybridized carbons (Fsp3) is 0.714. The lowest BCUT2D eigenvalue weighted by Gasteiger charge is -2.20. The first-order valence-electron chi connectivity index (χ1n) is 7.05. The van der Waals surface area contributed by atoms with Crippen LogP contribution in [0.5, 0.6) is 0 Å². The van der Waals surface area contributed by atoms with Gasteiger partial charge in [0.05, 0.1) is 0 Å². The summed E-state index contributed by atoms with van der Waals surface area (Å²) in [5.41, 5.74) is 1.61. The molecular weight excluding hydrogens is 224 g/mol. The standard InChI is InChI=1S/C14H24N4/c1-3-18-14(16-11-17-18)10-13(15-2)9-12-7-5-4-6-8-12/h7,11,13,15H,3-6,8-10H2,1-2H3. The first-order chi connectivity index (χ1) is 8.83. The van der Waals surface area contributed by atoms with Crippen LogP contribution in [0, 0.1) is 0 Å². The summed E-state index contributed by atoms with van der Waals surface area (Å²) in [4.78, 5) is 4.36. The molecule has 1 atom stereocenters. The van der Waals surface area contributed by atoms with Crippen molar-refractivity contribution in [1.29, 1.82) is 0 Å². The Labute approximate surface area is 109 Å². The summed E-state index contributed by atoms with van der Waals surface area (Å²) in [7, 11) is 2.04. The first kappa shape index (κ1) is 13.3. The maximum atomic E-state index is 4.36. The Hall–Kier alpha value is -1.16. The van der Waals surface area contributed by atoms with E-state index in [0.29, 0.717) is 6.04 Å². The maximum Gasteiger partial charge on any atom is 0.138 e. The normalized spacial score (nSPS) is 17.6. The minimum absolute atomic E-state index is 0.476. The Morgan fingerprint density at radius 3 is 2.94 bits per heavy atom. The molecular formula is C14H24N4. The lowest BCUT2D eigenvalue weighted by molar-refractivity contribution is 0.499. The number of allylic oxidation sites excluding steroid dienone is 1. The van der Waals surface area contributed by atoms with Crippen molar-refractivity contribution in [2.75, 3.05) is 7.05 Å². The van der Waals surface area contributed by atoms with Crippen LogP contribution in [-0.2, 0) is 13.0 Å². The van der Waals surface area contributed by atoms with Crippen molar-refractivity contribution in [3.05, 3.63) is 23.8 Å². The SMILES string of the molecule is CCn1ncnc1CC(CC1=CCCCC1)NC. The van der Waals surface area contributed by atoms with Gasteiger partial charge in [-0.15, -0.1) is 0 Å². The second-order valence-electron chi connectivity index (χ2n) is 4.99. The molecule has 0 amide bonds. The molecule has 100 valence electrons. The highest BCUT2D eigenvalue weighted by Gasteiger charge is 2.14. The van der Waals surface area contributed by atoms with Crippen LogP contribution in [0.25, 0.3) is 0 Å². The molecule has 4 heteroatoms. The van der Waals surface area contributed by atoms with Crippen LogP contribution in [0.15, 0.2) is 18.0 Å². The zero-order chi connectivity index (χ0) is 12.8. The van der Waals surface area contributed by atoms with Gasteiger partial charge in [-0.2, -0.15) is 5.10 Å². The number of rotatable bonds is 6. The molecule has 1 N–H and O–H groups in total. The second kappa shape index (κ2) is 6.69. The Kier molecular flexibility index (Phi) is 4.93. The highest BCUT2D eigenvalue weighted by atomic mass is 15.3. The van der Waals surface area contributed by atoms with Gasteiger partial charge in [-0.3, -0.25) is 4.68 Å². The molecule has 0 aromatic carbocycles. The molecule has 0 aliphatic heterocycles. The number of nitrogens with zero attached hydrogens (tertiary/aromatic N) is 3. The predicted octanol–water partition coefficient (Wildman–Crippen LogP) is 2.32. The number of nitrogens with one attached hydrogen (secondary N) is 1. The molecule has 1 unspecified atom stereocenters. The average molecular weight is 248 g/mol. The second-order valence-corrected chi connectivity index (χ2v) is 4.99. The Morgan fingerprint density at radius 1 is 1.39 bits per heavy atom. The molecule has 1 aromatic rings. The molecule has 0 saturated carbocycles. The molecule has 2 rings (SSSR count). The van der Waals surface area contributed by atoms with E-state index in [9.17, 15) is 0 Å². The molecule has 1 heterocycles. The van der Waals surface area contributed by atoms with E-state index in [4.69, 9.17) is 0 Å². The predicted molar refractivity (Wildman–Crippen MR) is 73.4 cm³/mol. The van der Waals surface area contributed by atoms with Gasteiger partial charge in [-0.05, 0) is 46.1 Å². The molecule has 0 bridgehead atoms. The molecule has 18 heavy (non-hydrogen) atoms. The van der Waals surface area contributed by atoms with Gasteiger partial charge >= 0.3 is 0 Å². The first-order valence-corrected chi connectivity index (χ1v) is 7.05. The Bertz CT molecular complexity index is 394. The number of hydrogen-bond donors (Lipinski definition) is 1. The van der Waals surface area contributed by atoms with E-state index in [1.165, 1.54) is 25.7 Å². The topological polar surface area (TPSA) is 42.7 Å². The third-order valence-corrected chi connectivity index (χ3v) is 3.73. The third-order valence-electron chi connectivity index (χ3n) is 3.73. The summed E-state index contributed by atoms with van der Waals surface area (Å²) in [5.74, 6) is 1.09. The highest BCUT2D eigenvalue weighted by molar-refractivity contribution is 5.08. The van der Waals surface area contributed by atoms with Crippen molar-refractivity contribution >= 4 is 0 Å². The molecule has 0 radical (unpaired) electrons. The van der Waals surface area contributed by atoms with E-state index in [2.05, 4.69) is 28.4 Å². The average Bonchev–Trinajstić information content (AvgIpc) is 2.86. The summed E-state index contributed by atoms with van der Waals surface area (Å²) in [6.07, 6.45) is 11.4. The summed E-state index contributed by atoms with van der Waals surface area (Å²) < 4.78 is 1.99. The van der Waals surface area contributed by atoms with Gasteiger partial charge in [0.15, 0.2) is 0 Å². The maximum absolute atomic E-state index is 4.36. The molecule has 0 saturated heterocycles. The molecule has 4 nitrogen and oxygen atoms in total. The minimum atomic E-state index is 0.476. The lowest BCUT2D eigenvalue weighted by Crippen LogP contribution is -2.29. The zero-order valence-electron chi connectivity index (χ0n) is 11.5. The molecule has 1 aromatic heterocycles. The Morgan fingerprint density at radius 2 is 2.28 bits per heavy atom. The Balaban J connectivity index is 1.94. The fourth-order valence-corrected chi connectivity index (χ4v) is 2.61. The molecule has 0 spiro atoms. The fourth-order valence-electron chi connectivity index (χ4n) is 2.61. The van der Waals surface area contributed by atoms with Gasteiger partial charge in [-0.25, -0.2) is 4.98 Å². The van der Waals surface area contributed by atoms with Crippen LogP contribution in [0.4, 0.5) is 0 Å². The van der Waals surface area contributed by atoms with E-state index in [0.717, 1.165) is 25.2 Å². The monoisotopic (exact) mass is 248 g/mol. The van der Waals surface area contributed by atoms with Gasteiger partial charge in [0.1, 0.15) is 12.2 Å². The van der Waals surface area contributed by atoms with Gasteiger partial charge in [0.25, 0.3) is 0 Å². The van der Waals surface area contributed by atoms with E-state index in [-0.39, 0.29) is 0 Å². The van der Waals surface area contributed by atoms with Crippen molar-refractivity contribution in [2.45, 2.75) is 58.0 Å². The van der Waals surface area contributed by atoms with Crippen LogP contribution in [0.3, 0.4) is 0 Å².